The molecule has 0 aliphatic carbocycles. The summed E-state index contributed by atoms with van der Waals surface area (Å²) >= 11 is 0. The van der Waals surface area contributed by atoms with Gasteiger partial charge in [0.15, 0.2) is 17.6 Å². The highest BCUT2D eigenvalue weighted by Crippen LogP contribution is 2.36. The van der Waals surface area contributed by atoms with Gasteiger partial charge in [0.05, 0.1) is 11.0 Å². The van der Waals surface area contributed by atoms with Crippen LogP contribution in [0.5, 0.6) is 11.5 Å². The molecule has 0 unspecified atom stereocenters. The molecule has 0 spiro atoms. The summed E-state index contributed by atoms with van der Waals surface area (Å²) in [5, 5.41) is 13.8. The van der Waals surface area contributed by atoms with Gasteiger partial charge in [-0.05, 0) is 13.3 Å². The highest BCUT2D eigenvalue weighted by atomic mass is 16.6. The molecule has 0 radical (unpaired) electrons. The number of nitrogens with one attached hydrogen (secondary N) is 1. The molecule has 1 amide bonds. The Kier molecular flexibility index (Phi) is 5.56. The van der Waals surface area contributed by atoms with Crippen LogP contribution in [0.4, 0.5) is 5.69 Å². The lowest BCUT2D eigenvalue weighted by molar-refractivity contribution is -0.385. The fourth-order valence-electron chi connectivity index (χ4n) is 2.06. The van der Waals surface area contributed by atoms with Crippen LogP contribution in [0.15, 0.2) is 12.1 Å². The number of amides is 1. The van der Waals surface area contributed by atoms with Gasteiger partial charge < -0.3 is 19.5 Å². The maximum absolute atomic E-state index is 12.2. The molecule has 0 saturated heterocycles. The number of benzene rings is 1. The topological polar surface area (TPSA) is 117 Å². The molecule has 1 atom stereocenters. The van der Waals surface area contributed by atoms with Crippen molar-refractivity contribution >= 4 is 17.6 Å². The minimum Gasteiger partial charge on any atom is -0.486 e. The minimum atomic E-state index is -1.07. The summed E-state index contributed by atoms with van der Waals surface area (Å²) in [4.78, 5) is 34.5. The number of esters is 1. The fraction of sp³-hybridized carbons (Fsp3) is 0.467. The summed E-state index contributed by atoms with van der Waals surface area (Å²) in [7, 11) is 0. The Hall–Kier alpha value is -2.84. The molecule has 0 saturated carbocycles. The Bertz CT molecular complexity index is 659. The predicted molar refractivity (Wildman–Crippen MR) is 82.3 cm³/mol. The molecular weight excluding hydrogens is 320 g/mol. The third-order valence-electron chi connectivity index (χ3n) is 3.28. The molecule has 130 valence electrons. The third-order valence-corrected chi connectivity index (χ3v) is 3.28. The van der Waals surface area contributed by atoms with Gasteiger partial charge in [-0.25, -0.2) is 4.79 Å². The molecule has 9 nitrogen and oxygen atoms in total. The van der Waals surface area contributed by atoms with Crippen LogP contribution in [0.25, 0.3) is 0 Å². The number of nitrogens with zero attached hydrogens (tertiary/aromatic N) is 1. The van der Waals surface area contributed by atoms with Crippen molar-refractivity contribution in [3.63, 3.8) is 0 Å². The summed E-state index contributed by atoms with van der Waals surface area (Å²) in [5.41, 5.74) is -0.759. The van der Waals surface area contributed by atoms with Gasteiger partial charge in [-0.3, -0.25) is 14.9 Å². The van der Waals surface area contributed by atoms with Crippen LogP contribution in [0.1, 0.15) is 30.6 Å². The Morgan fingerprint density at radius 1 is 1.33 bits per heavy atom. The molecule has 9 heteroatoms. The van der Waals surface area contributed by atoms with E-state index >= 15 is 0 Å². The number of ether oxygens (including phenoxy) is 3. The normalized spacial score (nSPS) is 13.8. The summed E-state index contributed by atoms with van der Waals surface area (Å²) in [6.45, 7) is 4.27. The molecule has 0 fully saturated rings. The van der Waals surface area contributed by atoms with Crippen LogP contribution in [0.2, 0.25) is 0 Å². The number of carbonyl (C=O) groups is 2. The van der Waals surface area contributed by atoms with Crippen molar-refractivity contribution in [2.75, 3.05) is 19.8 Å². The maximum Gasteiger partial charge on any atom is 0.346 e. The smallest absolute Gasteiger partial charge is 0.346 e. The highest BCUT2D eigenvalue weighted by Gasteiger charge is 2.29. The lowest BCUT2D eigenvalue weighted by Crippen LogP contribution is -2.36. The number of hydrogen-bond acceptors (Lipinski definition) is 7. The number of nitro groups is 1. The second kappa shape index (κ2) is 7.62. The van der Waals surface area contributed by atoms with Crippen molar-refractivity contribution in [2.24, 2.45) is 0 Å². The second-order valence-corrected chi connectivity index (χ2v) is 5.11. The molecule has 1 N–H and O–H groups in total. The van der Waals surface area contributed by atoms with E-state index in [2.05, 4.69) is 5.32 Å². The van der Waals surface area contributed by atoms with E-state index in [1.165, 1.54) is 13.0 Å². The first-order valence-corrected chi connectivity index (χ1v) is 7.50. The number of carbonyl (C=O) groups excluding carboxylic acids is 2. The number of fused-ring (bicyclic) bond motifs is 1. The molecule has 1 heterocycles. The summed E-state index contributed by atoms with van der Waals surface area (Å²) in [6.07, 6.45) is -0.336. The average Bonchev–Trinajstić information content (AvgIpc) is 2.58. The number of nitro benzene ring substituents is 1. The van der Waals surface area contributed by atoms with Crippen LogP contribution in [-0.2, 0) is 9.53 Å². The van der Waals surface area contributed by atoms with Crippen LogP contribution in [0.3, 0.4) is 0 Å². The standard InChI is InChI=1S/C15H18N2O7/c1-3-4-16-14(18)9(2)24-15(19)10-7-12-13(23-6-5-22-12)8-11(10)17(20)21/h7-9H,3-6H2,1-2H3,(H,16,18)/t9-/m0/s1. The zero-order valence-electron chi connectivity index (χ0n) is 13.4. The summed E-state index contributed by atoms with van der Waals surface area (Å²) in [5.74, 6) is -1.02. The Morgan fingerprint density at radius 2 is 1.96 bits per heavy atom. The van der Waals surface area contributed by atoms with Gasteiger partial charge in [0.2, 0.25) is 0 Å². The largest absolute Gasteiger partial charge is 0.486 e. The molecule has 0 bridgehead atoms. The van der Waals surface area contributed by atoms with E-state index in [1.807, 2.05) is 6.92 Å². The molecule has 1 aliphatic heterocycles. The van der Waals surface area contributed by atoms with E-state index < -0.39 is 28.6 Å². The SMILES string of the molecule is CCCNC(=O)[C@H](C)OC(=O)c1cc2c(cc1[N+](=O)[O-])OCCO2. The van der Waals surface area contributed by atoms with E-state index in [0.29, 0.717) is 6.54 Å². The van der Waals surface area contributed by atoms with E-state index in [0.717, 1.165) is 12.5 Å². The zero-order valence-corrected chi connectivity index (χ0v) is 13.4. The van der Waals surface area contributed by atoms with Gasteiger partial charge in [-0.2, -0.15) is 0 Å². The first-order valence-electron chi connectivity index (χ1n) is 7.50. The van der Waals surface area contributed by atoms with Gasteiger partial charge >= 0.3 is 5.97 Å². The van der Waals surface area contributed by atoms with Crippen molar-refractivity contribution in [3.05, 3.63) is 27.8 Å². The Balaban J connectivity index is 2.21. The van der Waals surface area contributed by atoms with Crippen LogP contribution >= 0.6 is 0 Å². The maximum atomic E-state index is 12.2. The number of hydrogen-bond donors (Lipinski definition) is 1. The van der Waals surface area contributed by atoms with Crippen LogP contribution in [-0.4, -0.2) is 42.7 Å². The Morgan fingerprint density at radius 3 is 2.54 bits per heavy atom. The Labute approximate surface area is 138 Å². The first-order chi connectivity index (χ1) is 11.4. The van der Waals surface area contributed by atoms with E-state index in [1.54, 1.807) is 0 Å². The molecule has 1 aromatic rings. The van der Waals surface area contributed by atoms with E-state index in [4.69, 9.17) is 14.2 Å². The molecule has 0 aromatic heterocycles. The van der Waals surface area contributed by atoms with Gasteiger partial charge in [-0.15, -0.1) is 0 Å². The first kappa shape index (κ1) is 17.5. The molecule has 24 heavy (non-hydrogen) atoms. The van der Waals surface area contributed by atoms with Gasteiger partial charge in [-0.1, -0.05) is 6.92 Å². The van der Waals surface area contributed by atoms with Crippen molar-refractivity contribution in [1.82, 2.24) is 5.32 Å². The van der Waals surface area contributed by atoms with Crippen molar-refractivity contribution in [2.45, 2.75) is 26.4 Å². The highest BCUT2D eigenvalue weighted by molar-refractivity contribution is 5.96. The molecule has 1 aliphatic rings. The zero-order chi connectivity index (χ0) is 17.7. The van der Waals surface area contributed by atoms with Crippen molar-refractivity contribution in [3.8, 4) is 11.5 Å². The molecule has 1 aromatic carbocycles. The van der Waals surface area contributed by atoms with Crippen LogP contribution in [0, 0.1) is 10.1 Å². The minimum absolute atomic E-state index is 0.193. The van der Waals surface area contributed by atoms with Gasteiger partial charge in [0.1, 0.15) is 18.8 Å². The van der Waals surface area contributed by atoms with Gasteiger partial charge in [0, 0.05) is 12.6 Å². The predicted octanol–water partition coefficient (Wildman–Crippen LogP) is 1.44. The van der Waals surface area contributed by atoms with E-state index in [9.17, 15) is 19.7 Å². The molecule has 2 rings (SSSR count). The quantitative estimate of drug-likeness (QED) is 0.474. The van der Waals surface area contributed by atoms with Crippen LogP contribution < -0.4 is 14.8 Å². The lowest BCUT2D eigenvalue weighted by atomic mass is 10.1. The second-order valence-electron chi connectivity index (χ2n) is 5.11. The fourth-order valence-corrected chi connectivity index (χ4v) is 2.06. The third kappa shape index (κ3) is 3.92. The number of rotatable bonds is 6. The van der Waals surface area contributed by atoms with E-state index in [-0.39, 0.29) is 30.3 Å². The molecular formula is C15H18N2O7. The summed E-state index contributed by atoms with van der Waals surface area (Å²) < 4.78 is 15.6. The monoisotopic (exact) mass is 338 g/mol. The van der Waals surface area contributed by atoms with Gasteiger partial charge in [0.25, 0.3) is 11.6 Å². The lowest BCUT2D eigenvalue weighted by Gasteiger charge is -2.19. The van der Waals surface area contributed by atoms with Crippen molar-refractivity contribution < 1.29 is 28.7 Å². The summed E-state index contributed by atoms with van der Waals surface area (Å²) in [6, 6.07) is 2.32. The average molecular weight is 338 g/mol. The van der Waals surface area contributed by atoms with Crippen molar-refractivity contribution in [1.29, 1.82) is 0 Å².